The third-order valence-electron chi connectivity index (χ3n) is 5.12. The van der Waals surface area contributed by atoms with Crippen LogP contribution in [0.25, 0.3) is 0 Å². The molecular weight excluding hydrogens is 262 g/mol. The van der Waals surface area contributed by atoms with E-state index in [1.54, 1.807) is 0 Å². The SMILES string of the molecule is CC(C)N1C[C@H]2CC[C@@H](C1)[C@H]2OCc1cccc(CO)c1. The van der Waals surface area contributed by atoms with Crippen LogP contribution in [0.2, 0.25) is 0 Å². The van der Waals surface area contributed by atoms with Crippen LogP contribution in [0.4, 0.5) is 0 Å². The number of aliphatic hydroxyl groups is 1. The van der Waals surface area contributed by atoms with Gasteiger partial charge >= 0.3 is 0 Å². The van der Waals surface area contributed by atoms with Crippen molar-refractivity contribution in [3.63, 3.8) is 0 Å². The van der Waals surface area contributed by atoms with Crippen LogP contribution in [-0.2, 0) is 18.0 Å². The summed E-state index contributed by atoms with van der Waals surface area (Å²) in [5.74, 6) is 1.40. The highest BCUT2D eigenvalue weighted by Crippen LogP contribution is 2.39. The Balaban J connectivity index is 1.59. The number of rotatable bonds is 5. The highest BCUT2D eigenvalue weighted by Gasteiger charge is 2.43. The van der Waals surface area contributed by atoms with Crippen molar-refractivity contribution in [3.8, 4) is 0 Å². The van der Waals surface area contributed by atoms with Gasteiger partial charge in [0.25, 0.3) is 0 Å². The standard InChI is InChI=1S/C18H27NO2/c1-13(2)19-9-16-6-7-17(10-19)18(16)21-12-15-5-3-4-14(8-15)11-20/h3-5,8,13,16-18,20H,6-7,9-12H2,1-2H3/t16-,17+,18+. The van der Waals surface area contributed by atoms with Crippen LogP contribution in [0, 0.1) is 11.8 Å². The summed E-state index contributed by atoms with van der Waals surface area (Å²) >= 11 is 0. The molecule has 2 bridgehead atoms. The number of hydrogen-bond donors (Lipinski definition) is 1. The molecule has 1 N–H and O–H groups in total. The molecule has 2 aliphatic rings. The summed E-state index contributed by atoms with van der Waals surface area (Å²) in [6, 6.07) is 8.74. The fraction of sp³-hybridized carbons (Fsp3) is 0.667. The third-order valence-corrected chi connectivity index (χ3v) is 5.12. The predicted molar refractivity (Wildman–Crippen MR) is 83.9 cm³/mol. The number of hydrogen-bond acceptors (Lipinski definition) is 3. The first-order valence-corrected chi connectivity index (χ1v) is 8.21. The predicted octanol–water partition coefficient (Wildman–Crippen LogP) is 2.81. The Labute approximate surface area is 127 Å². The molecular formula is C18H27NO2. The molecule has 21 heavy (non-hydrogen) atoms. The molecule has 3 heteroatoms. The van der Waals surface area contributed by atoms with Crippen molar-refractivity contribution in [1.29, 1.82) is 0 Å². The highest BCUT2D eigenvalue weighted by atomic mass is 16.5. The Kier molecular flexibility index (Phi) is 4.63. The quantitative estimate of drug-likeness (QED) is 0.905. The van der Waals surface area contributed by atoms with Crippen molar-refractivity contribution in [3.05, 3.63) is 35.4 Å². The Bertz CT molecular complexity index is 460. The number of nitrogens with zero attached hydrogens (tertiary/aromatic N) is 1. The Morgan fingerprint density at radius 3 is 2.48 bits per heavy atom. The van der Waals surface area contributed by atoms with Gasteiger partial charge in [-0.1, -0.05) is 24.3 Å². The Morgan fingerprint density at radius 1 is 1.19 bits per heavy atom. The van der Waals surface area contributed by atoms with Gasteiger partial charge in [-0.05, 0) is 49.7 Å². The van der Waals surface area contributed by atoms with Crippen LogP contribution < -0.4 is 0 Å². The van der Waals surface area contributed by atoms with Gasteiger partial charge in [0, 0.05) is 19.1 Å². The van der Waals surface area contributed by atoms with Crippen molar-refractivity contribution >= 4 is 0 Å². The first kappa shape index (κ1) is 15.0. The molecule has 0 aromatic heterocycles. The molecule has 1 aliphatic heterocycles. The van der Waals surface area contributed by atoms with Crippen molar-refractivity contribution in [2.75, 3.05) is 13.1 Å². The lowest BCUT2D eigenvalue weighted by Crippen LogP contribution is -2.48. The van der Waals surface area contributed by atoms with Gasteiger partial charge in [-0.15, -0.1) is 0 Å². The number of ether oxygens (including phenoxy) is 1. The minimum Gasteiger partial charge on any atom is -0.392 e. The van der Waals surface area contributed by atoms with Gasteiger partial charge in [0.1, 0.15) is 0 Å². The van der Waals surface area contributed by atoms with Crippen LogP contribution >= 0.6 is 0 Å². The van der Waals surface area contributed by atoms with Gasteiger partial charge in [0.15, 0.2) is 0 Å². The summed E-state index contributed by atoms with van der Waals surface area (Å²) in [5, 5.41) is 9.21. The van der Waals surface area contributed by atoms with Crippen LogP contribution in [0.15, 0.2) is 24.3 Å². The van der Waals surface area contributed by atoms with E-state index in [1.165, 1.54) is 31.5 Å². The molecule has 3 rings (SSSR count). The topological polar surface area (TPSA) is 32.7 Å². The average Bonchev–Trinajstić information content (AvgIpc) is 2.73. The van der Waals surface area contributed by atoms with E-state index in [2.05, 4.69) is 24.8 Å². The second kappa shape index (κ2) is 6.47. The lowest BCUT2D eigenvalue weighted by Gasteiger charge is -2.40. The number of benzene rings is 1. The van der Waals surface area contributed by atoms with E-state index in [0.29, 0.717) is 30.6 Å². The normalized spacial score (nSPS) is 29.2. The molecule has 3 atom stereocenters. The molecule has 1 saturated carbocycles. The lowest BCUT2D eigenvalue weighted by atomic mass is 9.94. The Hall–Kier alpha value is -0.900. The second-order valence-electron chi connectivity index (χ2n) is 6.90. The van der Waals surface area contributed by atoms with Gasteiger partial charge < -0.3 is 14.7 Å². The van der Waals surface area contributed by atoms with Crippen LogP contribution in [-0.4, -0.2) is 35.2 Å². The average molecular weight is 289 g/mol. The van der Waals surface area contributed by atoms with Crippen molar-refractivity contribution < 1.29 is 9.84 Å². The third kappa shape index (κ3) is 3.31. The minimum absolute atomic E-state index is 0.103. The van der Waals surface area contributed by atoms with E-state index < -0.39 is 0 Å². The van der Waals surface area contributed by atoms with Crippen LogP contribution in [0.1, 0.15) is 37.8 Å². The minimum atomic E-state index is 0.103. The molecule has 1 aromatic rings. The molecule has 0 radical (unpaired) electrons. The van der Waals surface area contributed by atoms with E-state index in [-0.39, 0.29) is 6.61 Å². The van der Waals surface area contributed by atoms with E-state index in [1.807, 2.05) is 18.2 Å². The molecule has 1 saturated heterocycles. The van der Waals surface area contributed by atoms with Gasteiger partial charge in [-0.2, -0.15) is 0 Å². The zero-order chi connectivity index (χ0) is 14.8. The summed E-state index contributed by atoms with van der Waals surface area (Å²) in [7, 11) is 0. The van der Waals surface area contributed by atoms with Crippen molar-refractivity contribution in [1.82, 2.24) is 4.90 Å². The molecule has 3 nitrogen and oxygen atoms in total. The van der Waals surface area contributed by atoms with Crippen LogP contribution in [0.5, 0.6) is 0 Å². The fourth-order valence-electron chi connectivity index (χ4n) is 3.91. The molecule has 0 spiro atoms. The number of aliphatic hydroxyl groups excluding tert-OH is 1. The lowest BCUT2D eigenvalue weighted by molar-refractivity contribution is -0.0564. The summed E-state index contributed by atoms with van der Waals surface area (Å²) in [6.07, 6.45) is 3.06. The van der Waals surface area contributed by atoms with Crippen LogP contribution in [0.3, 0.4) is 0 Å². The van der Waals surface area contributed by atoms with E-state index >= 15 is 0 Å². The van der Waals surface area contributed by atoms with Gasteiger partial charge in [-0.25, -0.2) is 0 Å². The maximum Gasteiger partial charge on any atom is 0.0721 e. The number of likely N-dealkylation sites (tertiary alicyclic amines) is 1. The zero-order valence-electron chi connectivity index (χ0n) is 13.2. The largest absolute Gasteiger partial charge is 0.392 e. The first-order chi connectivity index (χ1) is 10.2. The molecule has 0 unspecified atom stereocenters. The summed E-state index contributed by atoms with van der Waals surface area (Å²) in [6.45, 7) is 7.74. The molecule has 0 amide bonds. The van der Waals surface area contributed by atoms with E-state index in [0.717, 1.165) is 5.56 Å². The maximum absolute atomic E-state index is 9.21. The van der Waals surface area contributed by atoms with Crippen molar-refractivity contribution in [2.45, 2.75) is 52.0 Å². The first-order valence-electron chi connectivity index (χ1n) is 8.21. The summed E-state index contributed by atoms with van der Waals surface area (Å²) < 4.78 is 6.28. The molecule has 1 heterocycles. The smallest absolute Gasteiger partial charge is 0.0721 e. The van der Waals surface area contributed by atoms with E-state index in [4.69, 9.17) is 4.74 Å². The second-order valence-corrected chi connectivity index (χ2v) is 6.90. The van der Waals surface area contributed by atoms with E-state index in [9.17, 15) is 5.11 Å². The molecule has 1 aromatic carbocycles. The fourth-order valence-corrected chi connectivity index (χ4v) is 3.91. The molecule has 116 valence electrons. The maximum atomic E-state index is 9.21. The van der Waals surface area contributed by atoms with Crippen molar-refractivity contribution in [2.24, 2.45) is 11.8 Å². The van der Waals surface area contributed by atoms with Gasteiger partial charge in [0.2, 0.25) is 0 Å². The van der Waals surface area contributed by atoms with Gasteiger partial charge in [0.05, 0.1) is 19.3 Å². The highest BCUT2D eigenvalue weighted by molar-refractivity contribution is 5.22. The summed E-state index contributed by atoms with van der Waals surface area (Å²) in [4.78, 5) is 2.61. The number of piperidine rings is 1. The molecule has 1 aliphatic carbocycles. The monoisotopic (exact) mass is 289 g/mol. The summed E-state index contributed by atoms with van der Waals surface area (Å²) in [5.41, 5.74) is 2.14. The zero-order valence-corrected chi connectivity index (χ0v) is 13.2. The Morgan fingerprint density at radius 2 is 1.86 bits per heavy atom. The number of fused-ring (bicyclic) bond motifs is 2. The molecule has 2 fully saturated rings. The van der Waals surface area contributed by atoms with Gasteiger partial charge in [-0.3, -0.25) is 0 Å².